The Labute approximate surface area is 75.5 Å². The first-order valence-corrected chi connectivity index (χ1v) is 5.44. The van der Waals surface area contributed by atoms with E-state index in [-0.39, 0.29) is 0 Å². The second-order valence-electron chi connectivity index (χ2n) is 2.88. The second kappa shape index (κ2) is 8.19. The van der Waals surface area contributed by atoms with Gasteiger partial charge in [-0.05, 0) is 44.1 Å². The summed E-state index contributed by atoms with van der Waals surface area (Å²) >= 11 is 2.01. The lowest BCUT2D eigenvalue weighted by Gasteiger charge is -1.99. The van der Waals surface area contributed by atoms with Gasteiger partial charge in [-0.2, -0.15) is 11.8 Å². The molecule has 0 fully saturated rings. The van der Waals surface area contributed by atoms with Crippen LogP contribution < -0.4 is 0 Å². The smallest absolute Gasteiger partial charge is 0.00674 e. The van der Waals surface area contributed by atoms with E-state index in [1.54, 1.807) is 0 Å². The first-order valence-electron chi connectivity index (χ1n) is 4.28. The van der Waals surface area contributed by atoms with Crippen LogP contribution in [-0.2, 0) is 0 Å². The quantitative estimate of drug-likeness (QED) is 0.416. The first-order chi connectivity index (χ1) is 5.27. The lowest BCUT2D eigenvalue weighted by atomic mass is 10.2. The van der Waals surface area contributed by atoms with Crippen LogP contribution in [0.3, 0.4) is 0 Å². The minimum atomic E-state index is 1.06. The van der Waals surface area contributed by atoms with Crippen LogP contribution in [0.2, 0.25) is 0 Å². The highest BCUT2D eigenvalue weighted by atomic mass is 32.2. The van der Waals surface area contributed by atoms with Crippen molar-refractivity contribution in [2.45, 2.75) is 32.6 Å². The summed E-state index contributed by atoms with van der Waals surface area (Å²) < 4.78 is 0. The zero-order valence-corrected chi connectivity index (χ0v) is 8.38. The van der Waals surface area contributed by atoms with Crippen LogP contribution in [0, 0.1) is 6.92 Å². The van der Waals surface area contributed by atoms with E-state index in [9.17, 15) is 0 Å². The van der Waals surface area contributed by atoms with Crippen molar-refractivity contribution in [2.75, 3.05) is 11.5 Å². The van der Waals surface area contributed by atoms with Crippen molar-refractivity contribution < 1.29 is 0 Å². The molecule has 11 heavy (non-hydrogen) atoms. The monoisotopic (exact) mass is 171 g/mol. The van der Waals surface area contributed by atoms with Crippen LogP contribution in [0.4, 0.5) is 0 Å². The average molecular weight is 171 g/mol. The van der Waals surface area contributed by atoms with Crippen molar-refractivity contribution in [1.82, 2.24) is 0 Å². The summed E-state index contributed by atoms with van der Waals surface area (Å²) in [6, 6.07) is 0. The molecule has 0 nitrogen and oxygen atoms in total. The van der Waals surface area contributed by atoms with Gasteiger partial charge in [0.05, 0.1) is 0 Å². The third-order valence-electron chi connectivity index (χ3n) is 1.43. The number of rotatable bonds is 7. The Kier molecular flexibility index (Phi) is 8.26. The van der Waals surface area contributed by atoms with Gasteiger partial charge in [-0.25, -0.2) is 0 Å². The Balaban J connectivity index is 2.85. The van der Waals surface area contributed by atoms with E-state index in [2.05, 4.69) is 20.4 Å². The van der Waals surface area contributed by atoms with Crippen LogP contribution >= 0.6 is 11.8 Å². The molecular formula is C10H19S. The van der Waals surface area contributed by atoms with Crippen molar-refractivity contribution >= 4 is 11.8 Å². The molecular weight excluding hydrogens is 152 g/mol. The van der Waals surface area contributed by atoms with Gasteiger partial charge in [0.25, 0.3) is 0 Å². The summed E-state index contributed by atoms with van der Waals surface area (Å²) in [4.78, 5) is 0. The molecule has 0 aromatic heterocycles. The molecule has 0 aromatic rings. The van der Waals surface area contributed by atoms with E-state index in [0.717, 1.165) is 6.42 Å². The van der Waals surface area contributed by atoms with Crippen LogP contribution in [0.15, 0.2) is 12.2 Å². The van der Waals surface area contributed by atoms with E-state index in [4.69, 9.17) is 0 Å². The Hall–Kier alpha value is 0.0900. The molecule has 0 aliphatic rings. The molecule has 0 unspecified atom stereocenters. The summed E-state index contributed by atoms with van der Waals surface area (Å²) in [7, 11) is 0. The maximum atomic E-state index is 3.87. The fourth-order valence-corrected chi connectivity index (χ4v) is 1.65. The lowest BCUT2D eigenvalue weighted by molar-refractivity contribution is 0.796. The molecule has 0 N–H and O–H groups in total. The van der Waals surface area contributed by atoms with Crippen LogP contribution in [0.1, 0.15) is 32.6 Å². The highest BCUT2D eigenvalue weighted by Crippen LogP contribution is 2.09. The number of allylic oxidation sites excluding steroid dienone is 1. The third kappa shape index (κ3) is 10.1. The molecule has 0 aliphatic heterocycles. The van der Waals surface area contributed by atoms with Gasteiger partial charge >= 0.3 is 0 Å². The minimum absolute atomic E-state index is 1.06. The van der Waals surface area contributed by atoms with Crippen molar-refractivity contribution in [3.05, 3.63) is 19.1 Å². The molecule has 0 spiro atoms. The van der Waals surface area contributed by atoms with Crippen LogP contribution in [-0.4, -0.2) is 11.5 Å². The maximum absolute atomic E-state index is 3.87. The summed E-state index contributed by atoms with van der Waals surface area (Å²) in [5.41, 5.74) is 1.31. The molecule has 0 saturated carbocycles. The topological polar surface area (TPSA) is 0 Å². The molecule has 1 radical (unpaired) electrons. The predicted octanol–water partition coefficient (Wildman–Crippen LogP) is 3.69. The predicted molar refractivity (Wildman–Crippen MR) is 56.0 cm³/mol. The third-order valence-corrected chi connectivity index (χ3v) is 2.59. The molecule has 0 aromatic carbocycles. The molecule has 0 bridgehead atoms. The Bertz CT molecular complexity index is 97.0. The highest BCUT2D eigenvalue weighted by molar-refractivity contribution is 7.99. The average Bonchev–Trinajstić information content (AvgIpc) is 1.96. The Morgan fingerprint density at radius 3 is 2.55 bits per heavy atom. The summed E-state index contributed by atoms with van der Waals surface area (Å²) in [5, 5.41) is 0. The zero-order valence-electron chi connectivity index (χ0n) is 7.57. The zero-order chi connectivity index (χ0) is 8.53. The molecule has 1 heteroatoms. The standard InChI is InChI=1S/C10H19S/c1-4-8-11-9-6-5-7-10(2)3/h1-2,4-9H2,3H3. The van der Waals surface area contributed by atoms with Crippen molar-refractivity contribution in [2.24, 2.45) is 0 Å². The lowest BCUT2D eigenvalue weighted by Crippen LogP contribution is -1.83. The molecule has 0 rings (SSSR count). The summed E-state index contributed by atoms with van der Waals surface area (Å²) in [5.74, 6) is 2.51. The van der Waals surface area contributed by atoms with Crippen LogP contribution in [0.5, 0.6) is 0 Å². The van der Waals surface area contributed by atoms with Gasteiger partial charge in [-0.15, -0.1) is 6.58 Å². The van der Waals surface area contributed by atoms with E-state index in [1.807, 2.05) is 11.8 Å². The van der Waals surface area contributed by atoms with Gasteiger partial charge in [-0.3, -0.25) is 0 Å². The molecule has 65 valence electrons. The van der Waals surface area contributed by atoms with Crippen LogP contribution in [0.25, 0.3) is 0 Å². The molecule has 0 atom stereocenters. The molecule has 0 saturated heterocycles. The number of unbranched alkanes of at least 4 members (excludes halogenated alkanes) is 1. The van der Waals surface area contributed by atoms with E-state index in [1.165, 1.54) is 36.3 Å². The SMILES string of the molecule is [CH2]CCSCCCCC(=C)C. The van der Waals surface area contributed by atoms with Gasteiger partial charge in [0.1, 0.15) is 0 Å². The summed E-state index contributed by atoms with van der Waals surface area (Å²) in [6.45, 7) is 9.77. The molecule has 0 heterocycles. The number of thioether (sulfide) groups is 1. The largest absolute Gasteiger partial charge is 0.162 e. The first kappa shape index (κ1) is 11.1. The van der Waals surface area contributed by atoms with Gasteiger partial charge in [0.2, 0.25) is 0 Å². The van der Waals surface area contributed by atoms with Gasteiger partial charge < -0.3 is 0 Å². The number of hydrogen-bond donors (Lipinski definition) is 0. The van der Waals surface area contributed by atoms with Crippen molar-refractivity contribution in [1.29, 1.82) is 0 Å². The maximum Gasteiger partial charge on any atom is -0.00674 e. The highest BCUT2D eigenvalue weighted by Gasteiger charge is 1.89. The van der Waals surface area contributed by atoms with Gasteiger partial charge in [0, 0.05) is 0 Å². The normalized spacial score (nSPS) is 10.0. The van der Waals surface area contributed by atoms with Crippen molar-refractivity contribution in [3.8, 4) is 0 Å². The van der Waals surface area contributed by atoms with E-state index in [0.29, 0.717) is 0 Å². The molecule has 0 aliphatic carbocycles. The Morgan fingerprint density at radius 2 is 2.00 bits per heavy atom. The van der Waals surface area contributed by atoms with Gasteiger partial charge in [0.15, 0.2) is 0 Å². The van der Waals surface area contributed by atoms with Crippen molar-refractivity contribution in [3.63, 3.8) is 0 Å². The second-order valence-corrected chi connectivity index (χ2v) is 4.10. The minimum Gasteiger partial charge on any atom is -0.162 e. The molecule has 0 amide bonds. The van der Waals surface area contributed by atoms with Gasteiger partial charge in [-0.1, -0.05) is 12.5 Å². The fourth-order valence-electron chi connectivity index (χ4n) is 0.835. The van der Waals surface area contributed by atoms with E-state index >= 15 is 0 Å². The number of hydrogen-bond acceptors (Lipinski definition) is 1. The fraction of sp³-hybridized carbons (Fsp3) is 0.700. The summed E-state index contributed by atoms with van der Waals surface area (Å²) in [6.07, 6.45) is 4.90. The van der Waals surface area contributed by atoms with E-state index < -0.39 is 0 Å². The Morgan fingerprint density at radius 1 is 1.27 bits per heavy atom.